The third-order valence-corrected chi connectivity index (χ3v) is 3.37. The summed E-state index contributed by atoms with van der Waals surface area (Å²) >= 11 is 0. The van der Waals surface area contributed by atoms with Gasteiger partial charge in [0.1, 0.15) is 11.2 Å². The average molecular weight is 424 g/mol. The summed E-state index contributed by atoms with van der Waals surface area (Å²) in [7, 11) is 0. The highest BCUT2D eigenvalue weighted by Gasteiger charge is 2.24. The van der Waals surface area contributed by atoms with Crippen molar-refractivity contribution in [1.82, 2.24) is 0 Å². The molecule has 2 fully saturated rings. The zero-order valence-corrected chi connectivity index (χ0v) is 18.5. The zero-order chi connectivity index (χ0) is 22.8. The summed E-state index contributed by atoms with van der Waals surface area (Å²) < 4.78 is 23.5. The molecule has 0 amide bonds. The van der Waals surface area contributed by atoms with Gasteiger partial charge in [-0.25, -0.2) is 9.59 Å². The highest BCUT2D eigenvalue weighted by molar-refractivity contribution is 5.77. The lowest BCUT2D eigenvalue weighted by Gasteiger charge is -2.20. The molecule has 4 N–H and O–H groups in total. The first-order chi connectivity index (χ1) is 13.1. The minimum Gasteiger partial charge on any atom is -0.428 e. The van der Waals surface area contributed by atoms with Crippen LogP contribution in [0.25, 0.3) is 0 Å². The normalized spacial score (nSPS) is 26.4. The van der Waals surface area contributed by atoms with E-state index in [-0.39, 0.29) is 12.1 Å². The summed E-state index contributed by atoms with van der Waals surface area (Å²) in [5.41, 5.74) is 3.91. The van der Waals surface area contributed by atoms with E-state index in [0.717, 1.165) is 6.61 Å². The maximum absolute atomic E-state index is 11.0. The topological polar surface area (TPSA) is 147 Å². The van der Waals surface area contributed by atoms with Gasteiger partial charge < -0.3 is 39.6 Å². The number of nitrogens with two attached hydrogens (primary N) is 1. The molecule has 0 spiro atoms. The summed E-state index contributed by atoms with van der Waals surface area (Å²) in [5.74, 6) is 0.347. The van der Waals surface area contributed by atoms with E-state index in [2.05, 4.69) is 4.74 Å². The third-order valence-electron chi connectivity index (χ3n) is 3.37. The van der Waals surface area contributed by atoms with Crippen LogP contribution < -0.4 is 5.73 Å². The molecule has 0 aliphatic carbocycles. The predicted octanol–water partition coefficient (Wildman–Crippen LogP) is 1.59. The van der Waals surface area contributed by atoms with Crippen LogP contribution in [-0.4, -0.2) is 78.4 Å². The van der Waals surface area contributed by atoms with Gasteiger partial charge in [-0.3, -0.25) is 0 Å². The van der Waals surface area contributed by atoms with Crippen LogP contribution >= 0.6 is 0 Å². The molecule has 0 aromatic carbocycles. The second kappa shape index (κ2) is 12.3. The summed E-state index contributed by atoms with van der Waals surface area (Å²) in [6, 6.07) is -0.153. The SMILES string of the molecule is CC(C)(C)OC(=O)OC(=O)OC(C)(C)C.C[C@H]1COC[C@@H]1O.N[C@H]1COC[C@@H]1O. The molecular weight excluding hydrogens is 386 g/mol. The van der Waals surface area contributed by atoms with Gasteiger partial charge in [-0.1, -0.05) is 6.92 Å². The highest BCUT2D eigenvalue weighted by atomic mass is 16.8. The van der Waals surface area contributed by atoms with Crippen molar-refractivity contribution in [3.05, 3.63) is 0 Å². The number of aliphatic hydroxyl groups excluding tert-OH is 2. The number of carbonyl (C=O) groups is 2. The second-order valence-electron chi connectivity index (χ2n) is 8.88. The Morgan fingerprint density at radius 3 is 1.41 bits per heavy atom. The highest BCUT2D eigenvalue weighted by Crippen LogP contribution is 2.12. The molecular formula is C19H37NO9. The Balaban J connectivity index is 0.000000458. The molecule has 4 atom stereocenters. The van der Waals surface area contributed by atoms with Gasteiger partial charge in [0.25, 0.3) is 0 Å². The molecule has 172 valence electrons. The maximum atomic E-state index is 11.0. The first-order valence-electron chi connectivity index (χ1n) is 9.51. The second-order valence-corrected chi connectivity index (χ2v) is 8.88. The van der Waals surface area contributed by atoms with E-state index in [4.69, 9.17) is 34.9 Å². The van der Waals surface area contributed by atoms with Crippen LogP contribution in [0.3, 0.4) is 0 Å². The van der Waals surface area contributed by atoms with Gasteiger partial charge in [0.2, 0.25) is 0 Å². The first kappa shape index (κ1) is 27.5. The summed E-state index contributed by atoms with van der Waals surface area (Å²) in [6.07, 6.45) is -2.76. The van der Waals surface area contributed by atoms with E-state index in [9.17, 15) is 9.59 Å². The molecule has 2 aliphatic heterocycles. The van der Waals surface area contributed by atoms with Crippen molar-refractivity contribution in [2.75, 3.05) is 26.4 Å². The van der Waals surface area contributed by atoms with Crippen LogP contribution in [-0.2, 0) is 23.7 Å². The van der Waals surface area contributed by atoms with Crippen molar-refractivity contribution in [3.63, 3.8) is 0 Å². The number of aliphatic hydroxyl groups is 2. The van der Waals surface area contributed by atoms with Gasteiger partial charge in [-0.15, -0.1) is 0 Å². The third kappa shape index (κ3) is 15.1. The van der Waals surface area contributed by atoms with Crippen LogP contribution in [0.1, 0.15) is 48.5 Å². The van der Waals surface area contributed by atoms with E-state index in [1.807, 2.05) is 6.92 Å². The van der Waals surface area contributed by atoms with Crippen molar-refractivity contribution in [2.45, 2.75) is 77.9 Å². The lowest BCUT2D eigenvalue weighted by molar-refractivity contribution is -0.0293. The standard InChI is InChI=1S/C10H18O5.C5H10O2.C4H9NO2/c1-9(2,3)14-7(11)13-8(12)15-10(4,5)6;1-4-2-7-3-5(4)6;5-3-1-7-2-4(3)6/h1-6H3;4-6H,2-3H2,1H3;3-4,6H,1-2,5H2/t;4-,5-;3-,4-/m.00/s1. The van der Waals surface area contributed by atoms with Crippen LogP contribution in [0, 0.1) is 5.92 Å². The number of rotatable bonds is 0. The molecule has 10 nitrogen and oxygen atoms in total. The van der Waals surface area contributed by atoms with Gasteiger partial charge in [0.15, 0.2) is 0 Å². The van der Waals surface area contributed by atoms with E-state index < -0.39 is 29.6 Å². The smallest absolute Gasteiger partial charge is 0.428 e. The fourth-order valence-electron chi connectivity index (χ4n) is 1.82. The Bertz CT molecular complexity index is 439. The van der Waals surface area contributed by atoms with Crippen LogP contribution in [0.2, 0.25) is 0 Å². The van der Waals surface area contributed by atoms with Gasteiger partial charge in [0.05, 0.1) is 44.7 Å². The van der Waals surface area contributed by atoms with E-state index in [1.54, 1.807) is 41.5 Å². The lowest BCUT2D eigenvalue weighted by atomic mass is 10.1. The molecule has 29 heavy (non-hydrogen) atoms. The van der Waals surface area contributed by atoms with E-state index >= 15 is 0 Å². The number of hydrogen-bond acceptors (Lipinski definition) is 10. The number of ether oxygens (including phenoxy) is 5. The first-order valence-corrected chi connectivity index (χ1v) is 9.51. The Morgan fingerprint density at radius 1 is 0.828 bits per heavy atom. The Morgan fingerprint density at radius 2 is 1.24 bits per heavy atom. The zero-order valence-electron chi connectivity index (χ0n) is 18.5. The molecule has 0 bridgehead atoms. The molecule has 0 aromatic heterocycles. The van der Waals surface area contributed by atoms with Gasteiger partial charge in [-0.2, -0.15) is 0 Å². The molecule has 2 aliphatic rings. The van der Waals surface area contributed by atoms with Gasteiger partial charge in [0, 0.05) is 5.92 Å². The molecule has 0 aromatic rings. The molecule has 0 saturated carbocycles. The Kier molecular flexibility index (Phi) is 11.7. The minimum atomic E-state index is -1.06. The van der Waals surface area contributed by atoms with Crippen molar-refractivity contribution in [1.29, 1.82) is 0 Å². The van der Waals surface area contributed by atoms with E-state index in [1.165, 1.54) is 0 Å². The average Bonchev–Trinajstić information content (AvgIpc) is 3.05. The fourth-order valence-corrected chi connectivity index (χ4v) is 1.82. The molecule has 10 heteroatoms. The molecule has 0 radical (unpaired) electrons. The predicted molar refractivity (Wildman–Crippen MR) is 104 cm³/mol. The van der Waals surface area contributed by atoms with Crippen molar-refractivity contribution >= 4 is 12.3 Å². The molecule has 2 rings (SSSR count). The maximum Gasteiger partial charge on any atom is 0.519 e. The van der Waals surface area contributed by atoms with Gasteiger partial charge in [-0.05, 0) is 41.5 Å². The Labute approximate surface area is 172 Å². The number of hydrogen-bond donors (Lipinski definition) is 3. The fraction of sp³-hybridized carbons (Fsp3) is 0.895. The molecule has 2 saturated heterocycles. The van der Waals surface area contributed by atoms with Crippen LogP contribution in [0.4, 0.5) is 9.59 Å². The quantitative estimate of drug-likeness (QED) is 0.387. The van der Waals surface area contributed by atoms with Crippen molar-refractivity contribution in [3.8, 4) is 0 Å². The lowest BCUT2D eigenvalue weighted by Crippen LogP contribution is -2.32. The van der Waals surface area contributed by atoms with Gasteiger partial charge >= 0.3 is 12.3 Å². The summed E-state index contributed by atoms with van der Waals surface area (Å²) in [6.45, 7) is 14.2. The van der Waals surface area contributed by atoms with Crippen molar-refractivity contribution in [2.24, 2.45) is 11.7 Å². The molecule has 0 unspecified atom stereocenters. The van der Waals surface area contributed by atoms with Crippen LogP contribution in [0.15, 0.2) is 0 Å². The summed E-state index contributed by atoms with van der Waals surface area (Å²) in [4.78, 5) is 22.0. The Hall–Kier alpha value is -1.46. The van der Waals surface area contributed by atoms with Crippen LogP contribution in [0.5, 0.6) is 0 Å². The molecule has 2 heterocycles. The number of carbonyl (C=O) groups excluding carboxylic acids is 2. The minimum absolute atomic E-state index is 0.153. The van der Waals surface area contributed by atoms with Crippen molar-refractivity contribution < 1.29 is 43.5 Å². The van der Waals surface area contributed by atoms with E-state index in [0.29, 0.717) is 25.7 Å². The summed E-state index contributed by atoms with van der Waals surface area (Å²) in [5, 5.41) is 17.6. The monoisotopic (exact) mass is 423 g/mol. The largest absolute Gasteiger partial charge is 0.519 e.